The van der Waals surface area contributed by atoms with E-state index in [2.05, 4.69) is 22.9 Å². The molecule has 1 fully saturated rings. The standard InChI is InChI=1S/C13H17N3/c1-2-3-11-5-7-16(10-11)13-4-6-15-12(8-13)9-14/h4,6,8,11H,2-3,5,7,10H2,1H3. The van der Waals surface area contributed by atoms with Crippen molar-refractivity contribution in [2.75, 3.05) is 18.0 Å². The summed E-state index contributed by atoms with van der Waals surface area (Å²) in [6, 6.07) is 5.97. The second-order valence-electron chi connectivity index (χ2n) is 4.40. The van der Waals surface area contributed by atoms with Gasteiger partial charge in [-0.05, 0) is 30.9 Å². The zero-order valence-corrected chi connectivity index (χ0v) is 9.69. The number of hydrogen-bond acceptors (Lipinski definition) is 3. The molecule has 0 aromatic carbocycles. The lowest BCUT2D eigenvalue weighted by Crippen LogP contribution is -2.19. The average Bonchev–Trinajstić information content (AvgIpc) is 2.78. The molecule has 84 valence electrons. The van der Waals surface area contributed by atoms with Gasteiger partial charge in [-0.25, -0.2) is 4.98 Å². The van der Waals surface area contributed by atoms with Crippen molar-refractivity contribution < 1.29 is 0 Å². The van der Waals surface area contributed by atoms with Crippen LogP contribution in [0.1, 0.15) is 31.9 Å². The second-order valence-corrected chi connectivity index (χ2v) is 4.40. The summed E-state index contributed by atoms with van der Waals surface area (Å²) in [6.45, 7) is 4.48. The molecule has 3 nitrogen and oxygen atoms in total. The predicted octanol–water partition coefficient (Wildman–Crippen LogP) is 2.58. The lowest BCUT2D eigenvalue weighted by molar-refractivity contribution is 0.530. The summed E-state index contributed by atoms with van der Waals surface area (Å²) in [5.74, 6) is 0.823. The van der Waals surface area contributed by atoms with E-state index in [0.717, 1.165) is 24.7 Å². The van der Waals surface area contributed by atoms with Crippen molar-refractivity contribution in [1.29, 1.82) is 5.26 Å². The maximum Gasteiger partial charge on any atom is 0.142 e. The van der Waals surface area contributed by atoms with Crippen LogP contribution in [-0.2, 0) is 0 Å². The summed E-state index contributed by atoms with van der Waals surface area (Å²) in [5.41, 5.74) is 1.65. The van der Waals surface area contributed by atoms with Crippen LogP contribution >= 0.6 is 0 Å². The molecule has 0 spiro atoms. The smallest absolute Gasteiger partial charge is 0.142 e. The third kappa shape index (κ3) is 2.33. The topological polar surface area (TPSA) is 39.9 Å². The van der Waals surface area contributed by atoms with Gasteiger partial charge >= 0.3 is 0 Å². The Morgan fingerprint density at radius 1 is 1.62 bits per heavy atom. The quantitative estimate of drug-likeness (QED) is 0.778. The van der Waals surface area contributed by atoms with Gasteiger partial charge < -0.3 is 4.90 Å². The van der Waals surface area contributed by atoms with Crippen molar-refractivity contribution in [3.05, 3.63) is 24.0 Å². The molecule has 0 N–H and O–H groups in total. The number of anilines is 1. The second kappa shape index (κ2) is 4.98. The van der Waals surface area contributed by atoms with E-state index in [0.29, 0.717) is 5.69 Å². The summed E-state index contributed by atoms with van der Waals surface area (Å²) in [7, 11) is 0. The van der Waals surface area contributed by atoms with Crippen LogP contribution in [0.3, 0.4) is 0 Å². The van der Waals surface area contributed by atoms with Crippen LogP contribution in [0, 0.1) is 17.2 Å². The highest BCUT2D eigenvalue weighted by Gasteiger charge is 2.21. The van der Waals surface area contributed by atoms with Crippen LogP contribution in [-0.4, -0.2) is 18.1 Å². The fourth-order valence-corrected chi connectivity index (χ4v) is 2.39. The van der Waals surface area contributed by atoms with Gasteiger partial charge in [0.1, 0.15) is 11.8 Å². The molecule has 1 aromatic rings. The Hall–Kier alpha value is -1.56. The summed E-state index contributed by atoms with van der Waals surface area (Å²) in [6.07, 6.45) is 5.57. The van der Waals surface area contributed by atoms with Crippen molar-refractivity contribution in [3.8, 4) is 6.07 Å². The van der Waals surface area contributed by atoms with Crippen molar-refractivity contribution >= 4 is 5.69 Å². The van der Waals surface area contributed by atoms with Crippen LogP contribution in [0.2, 0.25) is 0 Å². The Bertz CT molecular complexity index is 394. The van der Waals surface area contributed by atoms with Gasteiger partial charge in [0.15, 0.2) is 0 Å². The van der Waals surface area contributed by atoms with Gasteiger partial charge in [0, 0.05) is 25.0 Å². The number of rotatable bonds is 3. The normalized spacial score (nSPS) is 19.8. The van der Waals surface area contributed by atoms with E-state index in [9.17, 15) is 0 Å². The van der Waals surface area contributed by atoms with Crippen molar-refractivity contribution in [2.45, 2.75) is 26.2 Å². The molecular formula is C13H17N3. The summed E-state index contributed by atoms with van der Waals surface area (Å²) >= 11 is 0. The Morgan fingerprint density at radius 3 is 3.25 bits per heavy atom. The molecule has 0 aliphatic carbocycles. The number of nitriles is 1. The van der Waals surface area contributed by atoms with Crippen molar-refractivity contribution in [1.82, 2.24) is 4.98 Å². The molecule has 0 radical (unpaired) electrons. The fourth-order valence-electron chi connectivity index (χ4n) is 2.39. The molecule has 16 heavy (non-hydrogen) atoms. The van der Waals surface area contributed by atoms with Gasteiger partial charge in [-0.15, -0.1) is 0 Å². The monoisotopic (exact) mass is 215 g/mol. The first-order chi connectivity index (χ1) is 7.83. The van der Waals surface area contributed by atoms with E-state index in [1.54, 1.807) is 6.20 Å². The fraction of sp³-hybridized carbons (Fsp3) is 0.538. The van der Waals surface area contributed by atoms with Crippen LogP contribution in [0.4, 0.5) is 5.69 Å². The molecule has 1 atom stereocenters. The van der Waals surface area contributed by atoms with Gasteiger partial charge in [0.25, 0.3) is 0 Å². The third-order valence-electron chi connectivity index (χ3n) is 3.21. The average molecular weight is 215 g/mol. The van der Waals surface area contributed by atoms with E-state index < -0.39 is 0 Å². The Balaban J connectivity index is 2.06. The number of pyridine rings is 1. The Morgan fingerprint density at radius 2 is 2.50 bits per heavy atom. The van der Waals surface area contributed by atoms with Gasteiger partial charge in [0.05, 0.1) is 0 Å². The van der Waals surface area contributed by atoms with Gasteiger partial charge in [-0.3, -0.25) is 0 Å². The zero-order chi connectivity index (χ0) is 11.4. The molecule has 0 bridgehead atoms. The Labute approximate surface area is 96.7 Å². The molecule has 1 unspecified atom stereocenters. The molecule has 1 aliphatic heterocycles. The molecule has 0 amide bonds. The number of hydrogen-bond donors (Lipinski definition) is 0. The van der Waals surface area contributed by atoms with Crippen molar-refractivity contribution in [3.63, 3.8) is 0 Å². The van der Waals surface area contributed by atoms with Gasteiger partial charge in [-0.2, -0.15) is 5.26 Å². The highest BCUT2D eigenvalue weighted by molar-refractivity contribution is 5.49. The highest BCUT2D eigenvalue weighted by atomic mass is 15.1. The first-order valence-corrected chi connectivity index (χ1v) is 5.94. The predicted molar refractivity (Wildman–Crippen MR) is 64.2 cm³/mol. The molecule has 2 rings (SSSR count). The van der Waals surface area contributed by atoms with Crippen LogP contribution in [0.15, 0.2) is 18.3 Å². The molecule has 3 heteroatoms. The van der Waals surface area contributed by atoms with Crippen LogP contribution in [0.5, 0.6) is 0 Å². The van der Waals surface area contributed by atoms with E-state index in [4.69, 9.17) is 5.26 Å². The number of aromatic nitrogens is 1. The highest BCUT2D eigenvalue weighted by Crippen LogP contribution is 2.26. The summed E-state index contributed by atoms with van der Waals surface area (Å²) < 4.78 is 0. The largest absolute Gasteiger partial charge is 0.371 e. The number of nitrogens with zero attached hydrogens (tertiary/aromatic N) is 3. The van der Waals surface area contributed by atoms with Crippen molar-refractivity contribution in [2.24, 2.45) is 5.92 Å². The lowest BCUT2D eigenvalue weighted by Gasteiger charge is -2.18. The van der Waals surface area contributed by atoms with E-state index in [-0.39, 0.29) is 0 Å². The summed E-state index contributed by atoms with van der Waals surface area (Å²) in [5, 5.41) is 8.81. The minimum atomic E-state index is 0.511. The third-order valence-corrected chi connectivity index (χ3v) is 3.21. The van der Waals surface area contributed by atoms with E-state index in [1.807, 2.05) is 12.1 Å². The maximum atomic E-state index is 8.81. The lowest BCUT2D eigenvalue weighted by atomic mass is 10.0. The molecule has 2 heterocycles. The van der Waals surface area contributed by atoms with E-state index in [1.165, 1.54) is 19.3 Å². The first kappa shape index (κ1) is 10.9. The van der Waals surface area contributed by atoms with E-state index >= 15 is 0 Å². The molecular weight excluding hydrogens is 198 g/mol. The minimum absolute atomic E-state index is 0.511. The summed E-state index contributed by atoms with van der Waals surface area (Å²) in [4.78, 5) is 6.36. The first-order valence-electron chi connectivity index (χ1n) is 5.94. The SMILES string of the molecule is CCCC1CCN(c2ccnc(C#N)c2)C1. The molecule has 1 aliphatic rings. The van der Waals surface area contributed by atoms with Crippen LogP contribution in [0.25, 0.3) is 0 Å². The molecule has 0 saturated carbocycles. The maximum absolute atomic E-state index is 8.81. The zero-order valence-electron chi connectivity index (χ0n) is 9.69. The molecule has 1 saturated heterocycles. The van der Waals surface area contributed by atoms with Gasteiger partial charge in [0.2, 0.25) is 0 Å². The Kier molecular flexibility index (Phi) is 3.40. The van der Waals surface area contributed by atoms with Gasteiger partial charge in [-0.1, -0.05) is 13.3 Å². The minimum Gasteiger partial charge on any atom is -0.371 e. The molecule has 1 aromatic heterocycles. The van der Waals surface area contributed by atoms with Crippen LogP contribution < -0.4 is 4.90 Å².